The monoisotopic (exact) mass is 222 g/mol. The van der Waals surface area contributed by atoms with Crippen LogP contribution in [0.1, 0.15) is 17.3 Å². The van der Waals surface area contributed by atoms with Gasteiger partial charge < -0.3 is 15.4 Å². The van der Waals surface area contributed by atoms with Gasteiger partial charge in [-0.2, -0.15) is 0 Å². The molecule has 1 aromatic carbocycles. The molecule has 0 unspecified atom stereocenters. The molecular weight excluding hydrogens is 204 g/mol. The lowest BCUT2D eigenvalue weighted by molar-refractivity contribution is 0.0475. The van der Waals surface area contributed by atoms with E-state index in [4.69, 9.17) is 10.5 Å². The molecule has 0 aromatic heterocycles. The zero-order chi connectivity index (χ0) is 12.0. The highest BCUT2D eigenvalue weighted by Gasteiger charge is 2.06. The van der Waals surface area contributed by atoms with Crippen LogP contribution in [-0.4, -0.2) is 37.6 Å². The molecular formula is C12H18N2O2. The van der Waals surface area contributed by atoms with Gasteiger partial charge >= 0.3 is 5.97 Å². The lowest BCUT2D eigenvalue weighted by Crippen LogP contribution is -2.23. The van der Waals surface area contributed by atoms with Gasteiger partial charge in [0.25, 0.3) is 0 Å². The number of rotatable bonds is 5. The van der Waals surface area contributed by atoms with Crippen molar-refractivity contribution in [3.05, 3.63) is 29.8 Å². The van der Waals surface area contributed by atoms with Crippen LogP contribution in [0, 0.1) is 0 Å². The smallest absolute Gasteiger partial charge is 0.338 e. The van der Waals surface area contributed by atoms with Crippen LogP contribution in [-0.2, 0) is 4.74 Å². The van der Waals surface area contributed by atoms with Gasteiger partial charge in [0.2, 0.25) is 0 Å². The van der Waals surface area contributed by atoms with E-state index in [-0.39, 0.29) is 5.97 Å². The third-order valence-corrected chi connectivity index (χ3v) is 2.39. The zero-order valence-electron chi connectivity index (χ0n) is 9.77. The molecule has 1 rings (SSSR count). The quantitative estimate of drug-likeness (QED) is 0.604. The van der Waals surface area contributed by atoms with E-state index in [0.29, 0.717) is 17.9 Å². The van der Waals surface area contributed by atoms with Crippen LogP contribution in [0.4, 0.5) is 5.69 Å². The van der Waals surface area contributed by atoms with Gasteiger partial charge in [-0.05, 0) is 37.9 Å². The summed E-state index contributed by atoms with van der Waals surface area (Å²) in [5.74, 6) is -0.301. The van der Waals surface area contributed by atoms with E-state index in [2.05, 4.69) is 11.8 Å². The first-order valence-corrected chi connectivity index (χ1v) is 5.34. The lowest BCUT2D eigenvalue weighted by atomic mass is 10.2. The summed E-state index contributed by atoms with van der Waals surface area (Å²) >= 11 is 0. The summed E-state index contributed by atoms with van der Waals surface area (Å²) in [6.45, 7) is 4.16. The Kier molecular flexibility index (Phi) is 4.79. The van der Waals surface area contributed by atoms with Crippen molar-refractivity contribution in [2.24, 2.45) is 0 Å². The van der Waals surface area contributed by atoms with E-state index in [1.54, 1.807) is 24.3 Å². The summed E-state index contributed by atoms with van der Waals surface area (Å²) in [6.07, 6.45) is 0. The van der Waals surface area contributed by atoms with Crippen molar-refractivity contribution in [2.75, 3.05) is 32.5 Å². The Morgan fingerprint density at radius 3 is 2.56 bits per heavy atom. The minimum atomic E-state index is -0.301. The molecule has 0 heterocycles. The Hall–Kier alpha value is -1.55. The molecule has 88 valence electrons. The van der Waals surface area contributed by atoms with Crippen LogP contribution in [0.25, 0.3) is 0 Å². The van der Waals surface area contributed by atoms with Gasteiger partial charge in [-0.15, -0.1) is 0 Å². The number of carbonyl (C=O) groups excluding carboxylic acids is 1. The molecule has 0 saturated heterocycles. The zero-order valence-corrected chi connectivity index (χ0v) is 9.77. The number of benzene rings is 1. The predicted octanol–water partition coefficient (Wildman–Crippen LogP) is 1.38. The standard InChI is InChI=1S/C12H18N2O2/c1-3-14(2)8-9-16-12(15)10-4-6-11(13)7-5-10/h4-7H,3,8-9,13H2,1-2H3. The largest absolute Gasteiger partial charge is 0.461 e. The van der Waals surface area contributed by atoms with Crippen LogP contribution < -0.4 is 5.73 Å². The van der Waals surface area contributed by atoms with Gasteiger partial charge in [0.15, 0.2) is 0 Å². The molecule has 16 heavy (non-hydrogen) atoms. The maximum atomic E-state index is 11.5. The second-order valence-corrected chi connectivity index (χ2v) is 3.65. The van der Waals surface area contributed by atoms with Crippen LogP contribution in [0.3, 0.4) is 0 Å². The average molecular weight is 222 g/mol. The predicted molar refractivity (Wildman–Crippen MR) is 64.3 cm³/mol. The summed E-state index contributed by atoms with van der Waals surface area (Å²) < 4.78 is 5.12. The second-order valence-electron chi connectivity index (χ2n) is 3.65. The molecule has 0 aliphatic carbocycles. The summed E-state index contributed by atoms with van der Waals surface area (Å²) in [6, 6.07) is 6.71. The minimum absolute atomic E-state index is 0.301. The van der Waals surface area contributed by atoms with E-state index >= 15 is 0 Å². The molecule has 0 spiro atoms. The fourth-order valence-electron chi connectivity index (χ4n) is 1.15. The third-order valence-electron chi connectivity index (χ3n) is 2.39. The molecule has 0 saturated carbocycles. The van der Waals surface area contributed by atoms with Gasteiger partial charge in [0, 0.05) is 12.2 Å². The van der Waals surface area contributed by atoms with Crippen molar-refractivity contribution >= 4 is 11.7 Å². The van der Waals surface area contributed by atoms with E-state index in [0.717, 1.165) is 13.1 Å². The molecule has 0 bridgehead atoms. The van der Waals surface area contributed by atoms with Crippen LogP contribution in [0.2, 0.25) is 0 Å². The first kappa shape index (κ1) is 12.5. The normalized spacial score (nSPS) is 10.4. The number of nitrogens with zero attached hydrogens (tertiary/aromatic N) is 1. The highest BCUT2D eigenvalue weighted by atomic mass is 16.5. The third kappa shape index (κ3) is 3.90. The number of nitrogens with two attached hydrogens (primary N) is 1. The molecule has 2 N–H and O–H groups in total. The highest BCUT2D eigenvalue weighted by molar-refractivity contribution is 5.89. The summed E-state index contributed by atoms with van der Waals surface area (Å²) in [4.78, 5) is 13.6. The highest BCUT2D eigenvalue weighted by Crippen LogP contribution is 2.06. The number of esters is 1. The molecule has 0 aliphatic heterocycles. The Bertz CT molecular complexity index is 335. The number of ether oxygens (including phenoxy) is 1. The number of hydrogen-bond donors (Lipinski definition) is 1. The molecule has 0 fully saturated rings. The van der Waals surface area contributed by atoms with E-state index in [9.17, 15) is 4.79 Å². The van der Waals surface area contributed by atoms with Crippen LogP contribution >= 0.6 is 0 Å². The number of hydrogen-bond acceptors (Lipinski definition) is 4. The molecule has 0 aliphatic rings. The van der Waals surface area contributed by atoms with Gasteiger partial charge in [-0.3, -0.25) is 0 Å². The molecule has 4 heteroatoms. The van der Waals surface area contributed by atoms with Crippen molar-refractivity contribution in [2.45, 2.75) is 6.92 Å². The molecule has 0 amide bonds. The van der Waals surface area contributed by atoms with Gasteiger partial charge in [0.1, 0.15) is 6.61 Å². The van der Waals surface area contributed by atoms with Crippen molar-refractivity contribution < 1.29 is 9.53 Å². The average Bonchev–Trinajstić information content (AvgIpc) is 2.29. The fourth-order valence-corrected chi connectivity index (χ4v) is 1.15. The molecule has 0 atom stereocenters. The van der Waals surface area contributed by atoms with Crippen molar-refractivity contribution in [1.82, 2.24) is 4.90 Å². The second kappa shape index (κ2) is 6.12. The van der Waals surface area contributed by atoms with E-state index in [1.165, 1.54) is 0 Å². The summed E-state index contributed by atoms with van der Waals surface area (Å²) in [5, 5.41) is 0. The minimum Gasteiger partial charge on any atom is -0.461 e. The number of anilines is 1. The topological polar surface area (TPSA) is 55.6 Å². The van der Waals surface area contributed by atoms with Crippen LogP contribution in [0.15, 0.2) is 24.3 Å². The van der Waals surface area contributed by atoms with Crippen molar-refractivity contribution in [3.8, 4) is 0 Å². The van der Waals surface area contributed by atoms with Gasteiger partial charge in [-0.1, -0.05) is 6.92 Å². The Morgan fingerprint density at radius 1 is 1.38 bits per heavy atom. The summed E-state index contributed by atoms with van der Waals surface area (Å²) in [5.41, 5.74) is 6.70. The Morgan fingerprint density at radius 2 is 2.00 bits per heavy atom. The van der Waals surface area contributed by atoms with E-state index < -0.39 is 0 Å². The molecule has 0 radical (unpaired) electrons. The maximum Gasteiger partial charge on any atom is 0.338 e. The SMILES string of the molecule is CCN(C)CCOC(=O)c1ccc(N)cc1. The van der Waals surface area contributed by atoms with E-state index in [1.807, 2.05) is 7.05 Å². The number of nitrogen functional groups attached to an aromatic ring is 1. The van der Waals surface area contributed by atoms with Gasteiger partial charge in [0.05, 0.1) is 5.56 Å². The lowest BCUT2D eigenvalue weighted by Gasteiger charge is -2.13. The Balaban J connectivity index is 2.38. The molecule has 1 aromatic rings. The van der Waals surface area contributed by atoms with Gasteiger partial charge in [-0.25, -0.2) is 4.79 Å². The Labute approximate surface area is 96.0 Å². The van der Waals surface area contributed by atoms with Crippen molar-refractivity contribution in [3.63, 3.8) is 0 Å². The maximum absolute atomic E-state index is 11.5. The number of likely N-dealkylation sites (N-methyl/N-ethyl adjacent to an activating group) is 1. The number of carbonyl (C=O) groups is 1. The summed E-state index contributed by atoms with van der Waals surface area (Å²) in [7, 11) is 1.98. The first-order valence-electron chi connectivity index (χ1n) is 5.34. The van der Waals surface area contributed by atoms with Crippen molar-refractivity contribution in [1.29, 1.82) is 0 Å². The fraction of sp³-hybridized carbons (Fsp3) is 0.417. The first-order chi connectivity index (χ1) is 7.63. The molecule has 4 nitrogen and oxygen atoms in total. The van der Waals surface area contributed by atoms with Crippen LogP contribution in [0.5, 0.6) is 0 Å².